The second-order valence-electron chi connectivity index (χ2n) is 16.3. The van der Waals surface area contributed by atoms with Gasteiger partial charge in [-0.1, -0.05) is 158 Å². The summed E-state index contributed by atoms with van der Waals surface area (Å²) < 4.78 is 11.9. The lowest BCUT2D eigenvalue weighted by atomic mass is 10.0. The van der Waals surface area contributed by atoms with Crippen LogP contribution in [0.5, 0.6) is 0 Å². The average Bonchev–Trinajstić information content (AvgIpc) is 3.96. The van der Waals surface area contributed by atoms with E-state index in [9.17, 15) is 0 Å². The Labute approximate surface area is 367 Å². The van der Waals surface area contributed by atoms with E-state index in [0.29, 0.717) is 23.9 Å². The number of furan rings is 1. The van der Waals surface area contributed by atoms with Crippen LogP contribution in [0.15, 0.2) is 211 Å². The molecule has 0 bridgehead atoms. The van der Waals surface area contributed by atoms with Gasteiger partial charge in [-0.2, -0.15) is 0 Å². The highest BCUT2D eigenvalue weighted by atomic mass is 16.3. The third-order valence-electron chi connectivity index (χ3n) is 12.6. The fraction of sp³-hybridized carbons (Fsp3) is 0.0172. The Morgan fingerprint density at radius 2 is 0.922 bits per heavy atom. The van der Waals surface area contributed by atoms with Gasteiger partial charge in [0.15, 0.2) is 23.1 Å². The monoisotopic (exact) mass is 819 g/mol. The molecule has 6 nitrogen and oxygen atoms in total. The molecule has 6 heteroatoms. The van der Waals surface area contributed by atoms with Gasteiger partial charge in [-0.3, -0.25) is 0 Å². The molecule has 0 atom stereocenters. The van der Waals surface area contributed by atoms with Crippen LogP contribution < -0.4 is 10.6 Å². The van der Waals surface area contributed by atoms with Crippen LogP contribution in [0.2, 0.25) is 0 Å². The molecule has 1 aliphatic rings. The maximum absolute atomic E-state index is 7.15. The Morgan fingerprint density at radius 3 is 1.56 bits per heavy atom. The quantitative estimate of drug-likeness (QED) is 0.168. The van der Waals surface area contributed by atoms with Crippen LogP contribution in [0.1, 0.15) is 12.2 Å². The Balaban J connectivity index is 0.997. The minimum absolute atomic E-state index is 0.599. The molecule has 0 fully saturated rings. The number of hydrogen-bond donors (Lipinski definition) is 0. The van der Waals surface area contributed by atoms with Crippen LogP contribution >= 0.6 is 0 Å². The molecular formula is C58H37N5O. The van der Waals surface area contributed by atoms with Crippen molar-refractivity contribution in [2.24, 2.45) is 0 Å². The van der Waals surface area contributed by atoms with Gasteiger partial charge in [0.2, 0.25) is 0 Å². The van der Waals surface area contributed by atoms with E-state index in [1.165, 1.54) is 43.7 Å². The van der Waals surface area contributed by atoms with E-state index in [1.54, 1.807) is 0 Å². The first-order valence-corrected chi connectivity index (χ1v) is 21.7. The van der Waals surface area contributed by atoms with Crippen molar-refractivity contribution >= 4 is 66.2 Å². The fourth-order valence-corrected chi connectivity index (χ4v) is 9.69. The van der Waals surface area contributed by atoms with Gasteiger partial charge in [0.05, 0.1) is 27.8 Å². The van der Waals surface area contributed by atoms with Crippen LogP contribution in [-0.4, -0.2) is 24.1 Å². The standard InChI is InChI=1S/C58H37N5O/c1-4-17-37(18-5-1)56-59-57(38-19-6-2-7-20-38)61-58(60-56)46-26-11-10-25-44-45-27-16-30-53(55(45)64-54(44)46)63-50-29-15-13-24-43(50)48-36-40(32-34-52(48)63)39-31-33-51-47(35-39)42-23-12-14-28-49(42)62(51)41-21-8-3-9-22-41/h1-25,27-36H,26H2. The van der Waals surface area contributed by atoms with E-state index in [-0.39, 0.29) is 0 Å². The van der Waals surface area contributed by atoms with Gasteiger partial charge in [-0.05, 0) is 72.1 Å². The molecule has 0 N–H and O–H groups in total. The van der Waals surface area contributed by atoms with Crippen molar-refractivity contribution in [2.75, 3.05) is 0 Å². The lowest BCUT2D eigenvalue weighted by molar-refractivity contribution is 0.569. The summed E-state index contributed by atoms with van der Waals surface area (Å²) in [6, 6.07) is 68.4. The van der Waals surface area contributed by atoms with Crippen molar-refractivity contribution in [3.05, 3.63) is 223 Å². The second kappa shape index (κ2) is 14.5. The molecule has 0 saturated carbocycles. The van der Waals surface area contributed by atoms with Crippen molar-refractivity contribution in [3.63, 3.8) is 0 Å². The average molecular weight is 820 g/mol. The van der Waals surface area contributed by atoms with Gasteiger partial charge in [0.1, 0.15) is 5.42 Å². The fourth-order valence-electron chi connectivity index (χ4n) is 9.69. The predicted molar refractivity (Wildman–Crippen MR) is 261 cm³/mol. The molecule has 0 radical (unpaired) electrons. The summed E-state index contributed by atoms with van der Waals surface area (Å²) in [4.78, 5) is 15.2. The topological polar surface area (TPSA) is 61.7 Å². The molecule has 0 unspecified atom stereocenters. The zero-order valence-electron chi connectivity index (χ0n) is 34.6. The first-order chi connectivity index (χ1) is 31.7. The zero-order valence-corrected chi connectivity index (χ0v) is 34.6. The lowest BCUT2D eigenvalue weighted by Gasteiger charge is -2.10. The molecule has 8 aromatic carbocycles. The van der Waals surface area contributed by atoms with Crippen molar-refractivity contribution in [2.45, 2.75) is 6.42 Å². The largest absolute Gasteiger partial charge is 0.453 e. The molecule has 4 heterocycles. The predicted octanol–water partition coefficient (Wildman–Crippen LogP) is 12.8. The maximum Gasteiger partial charge on any atom is 0.164 e. The molecule has 0 aliphatic heterocycles. The number of para-hydroxylation sites is 4. The van der Waals surface area contributed by atoms with Crippen LogP contribution in [0, 0.1) is 0 Å². The Bertz CT molecular complexity index is 3910. The van der Waals surface area contributed by atoms with E-state index in [0.717, 1.165) is 60.7 Å². The smallest absolute Gasteiger partial charge is 0.164 e. The Hall–Kier alpha value is -8.61. The molecule has 0 saturated heterocycles. The Kier molecular flexibility index (Phi) is 8.18. The summed E-state index contributed by atoms with van der Waals surface area (Å²) in [5, 5.41) is 6.87. The molecule has 13 rings (SSSR count). The van der Waals surface area contributed by atoms with Crippen molar-refractivity contribution in [3.8, 4) is 45.3 Å². The SMILES string of the molecule is C1=CCC(c2nc(-c3ccccc3)nc(-c3ccccc3)n2)=c2oc3c(-n4c5ccccc5c5cc(-c6ccc7c(c6)c6ccccc6n7-c6ccccc6)ccc54)cccc3c2=C1. The molecular weight excluding hydrogens is 783 g/mol. The lowest BCUT2D eigenvalue weighted by Crippen LogP contribution is -2.23. The number of fused-ring (bicyclic) bond motifs is 9. The highest BCUT2D eigenvalue weighted by molar-refractivity contribution is 6.13. The number of nitrogens with zero attached hydrogens (tertiary/aromatic N) is 5. The van der Waals surface area contributed by atoms with Crippen LogP contribution in [-0.2, 0) is 0 Å². The van der Waals surface area contributed by atoms with Gasteiger partial charge in [-0.25, -0.2) is 15.0 Å². The summed E-state index contributed by atoms with van der Waals surface area (Å²) in [6.07, 6.45) is 7.02. The van der Waals surface area contributed by atoms with Crippen LogP contribution in [0.25, 0.3) is 112 Å². The summed E-state index contributed by atoms with van der Waals surface area (Å²) >= 11 is 0. The molecule has 0 amide bonds. The van der Waals surface area contributed by atoms with E-state index < -0.39 is 0 Å². The van der Waals surface area contributed by atoms with Gasteiger partial charge in [0.25, 0.3) is 0 Å². The van der Waals surface area contributed by atoms with Crippen LogP contribution in [0.4, 0.5) is 0 Å². The van der Waals surface area contributed by atoms with Gasteiger partial charge < -0.3 is 13.6 Å². The van der Waals surface area contributed by atoms with Crippen molar-refractivity contribution in [1.82, 2.24) is 24.1 Å². The molecule has 0 spiro atoms. The first kappa shape index (κ1) is 36.1. The number of allylic oxidation sites excluding steroid dienone is 2. The minimum Gasteiger partial charge on any atom is -0.453 e. The van der Waals surface area contributed by atoms with Gasteiger partial charge in [-0.15, -0.1) is 0 Å². The molecule has 4 aromatic heterocycles. The zero-order chi connectivity index (χ0) is 42.1. The van der Waals surface area contributed by atoms with Crippen molar-refractivity contribution < 1.29 is 4.42 Å². The number of rotatable bonds is 6. The summed E-state index contributed by atoms with van der Waals surface area (Å²) in [7, 11) is 0. The Morgan fingerprint density at radius 1 is 0.406 bits per heavy atom. The molecule has 64 heavy (non-hydrogen) atoms. The highest BCUT2D eigenvalue weighted by Crippen LogP contribution is 2.39. The number of aromatic nitrogens is 5. The number of benzene rings is 8. The molecule has 300 valence electrons. The summed E-state index contributed by atoms with van der Waals surface area (Å²) in [6.45, 7) is 0. The van der Waals surface area contributed by atoms with Crippen molar-refractivity contribution in [1.29, 1.82) is 0 Å². The van der Waals surface area contributed by atoms with Gasteiger partial charge in [0, 0.05) is 54.5 Å². The van der Waals surface area contributed by atoms with Crippen LogP contribution in [0.3, 0.4) is 0 Å². The van der Waals surface area contributed by atoms with E-state index in [1.807, 2.05) is 60.7 Å². The second-order valence-corrected chi connectivity index (χ2v) is 16.3. The number of hydrogen-bond acceptors (Lipinski definition) is 4. The normalized spacial score (nSPS) is 12.7. The summed E-state index contributed by atoms with van der Waals surface area (Å²) in [5.41, 5.74) is 13.4. The first-order valence-electron chi connectivity index (χ1n) is 21.7. The third-order valence-corrected chi connectivity index (χ3v) is 12.6. The molecule has 12 aromatic rings. The maximum atomic E-state index is 7.15. The third kappa shape index (κ3) is 5.70. The molecule has 1 aliphatic carbocycles. The van der Waals surface area contributed by atoms with E-state index in [4.69, 9.17) is 19.4 Å². The van der Waals surface area contributed by atoms with E-state index >= 15 is 0 Å². The van der Waals surface area contributed by atoms with E-state index in [2.05, 4.69) is 161 Å². The highest BCUT2D eigenvalue weighted by Gasteiger charge is 2.22. The van der Waals surface area contributed by atoms with Gasteiger partial charge >= 0.3 is 0 Å². The minimum atomic E-state index is 0.599. The summed E-state index contributed by atoms with van der Waals surface area (Å²) in [5.74, 6) is 1.84.